The first-order chi connectivity index (χ1) is 8.84. The van der Waals surface area contributed by atoms with Crippen LogP contribution in [0.1, 0.15) is 20.3 Å². The Labute approximate surface area is 110 Å². The molecule has 0 amide bonds. The fraction of sp³-hybridized carbons (Fsp3) is 0.615. The molecule has 0 aliphatic heterocycles. The molecule has 0 N–H and O–H groups in total. The third kappa shape index (κ3) is 2.84. The smallest absolute Gasteiger partial charge is 0.187 e. The molecular formula is C13H16O6. The first-order valence-electron chi connectivity index (χ1n) is 5.97. The van der Waals surface area contributed by atoms with Gasteiger partial charge in [-0.2, -0.15) is 0 Å². The largest absolute Gasteiger partial charge is 0.366 e. The van der Waals surface area contributed by atoms with Gasteiger partial charge in [0.25, 0.3) is 0 Å². The van der Waals surface area contributed by atoms with E-state index in [-0.39, 0.29) is 18.6 Å². The first-order valence-corrected chi connectivity index (χ1v) is 5.97. The van der Waals surface area contributed by atoms with E-state index in [0.29, 0.717) is 0 Å². The molecule has 0 heterocycles. The highest BCUT2D eigenvalue weighted by Crippen LogP contribution is 2.24. The number of ether oxygens (including phenoxy) is 1. The zero-order valence-electron chi connectivity index (χ0n) is 11.0. The summed E-state index contributed by atoms with van der Waals surface area (Å²) in [5, 5.41) is 0. The van der Waals surface area contributed by atoms with Gasteiger partial charge in [0.1, 0.15) is 18.1 Å². The van der Waals surface area contributed by atoms with Gasteiger partial charge in [0, 0.05) is 13.5 Å². The summed E-state index contributed by atoms with van der Waals surface area (Å²) in [6.45, 7) is 3.54. The van der Waals surface area contributed by atoms with E-state index in [0.717, 1.165) is 7.11 Å². The molecule has 0 aromatic heterocycles. The first kappa shape index (κ1) is 15.4. The number of hydrogen-bond donors (Lipinski definition) is 0. The van der Waals surface area contributed by atoms with Crippen LogP contribution in [0.2, 0.25) is 0 Å². The van der Waals surface area contributed by atoms with Crippen LogP contribution in [0.4, 0.5) is 0 Å². The summed E-state index contributed by atoms with van der Waals surface area (Å²) in [5.74, 6) is -6.40. The number of carbonyl (C=O) groups excluding carboxylic acids is 5. The summed E-state index contributed by atoms with van der Waals surface area (Å²) in [7, 11) is 1.13. The maximum Gasteiger partial charge on any atom is 0.187 e. The van der Waals surface area contributed by atoms with E-state index in [4.69, 9.17) is 4.74 Å². The van der Waals surface area contributed by atoms with Gasteiger partial charge in [0.15, 0.2) is 29.2 Å². The van der Waals surface area contributed by atoms with Gasteiger partial charge < -0.3 is 9.53 Å². The van der Waals surface area contributed by atoms with Crippen molar-refractivity contribution in [3.8, 4) is 0 Å². The van der Waals surface area contributed by atoms with Crippen LogP contribution in [-0.2, 0) is 28.7 Å². The summed E-state index contributed by atoms with van der Waals surface area (Å²) in [6, 6.07) is 0. The third-order valence-electron chi connectivity index (χ3n) is 3.00. The molecular weight excluding hydrogens is 252 g/mol. The quantitative estimate of drug-likeness (QED) is 0.505. The van der Waals surface area contributed by atoms with Crippen LogP contribution in [0.5, 0.6) is 0 Å². The molecule has 0 radical (unpaired) electrons. The topological polar surface area (TPSA) is 94.6 Å². The maximum atomic E-state index is 12.0. The molecule has 6 heteroatoms. The Morgan fingerprint density at radius 2 is 1.79 bits per heavy atom. The predicted molar refractivity (Wildman–Crippen MR) is 63.3 cm³/mol. The van der Waals surface area contributed by atoms with Gasteiger partial charge in [-0.1, -0.05) is 13.8 Å². The van der Waals surface area contributed by atoms with E-state index >= 15 is 0 Å². The second kappa shape index (κ2) is 5.97. The van der Waals surface area contributed by atoms with Crippen LogP contribution in [0.15, 0.2) is 0 Å². The van der Waals surface area contributed by atoms with Crippen LogP contribution in [0, 0.1) is 17.8 Å². The highest BCUT2D eigenvalue weighted by atomic mass is 16.5. The lowest BCUT2D eigenvalue weighted by Crippen LogP contribution is -2.55. The molecule has 19 heavy (non-hydrogen) atoms. The minimum atomic E-state index is -1.58. The molecule has 0 saturated heterocycles. The van der Waals surface area contributed by atoms with Crippen molar-refractivity contribution in [3.05, 3.63) is 0 Å². The summed E-state index contributed by atoms with van der Waals surface area (Å²) in [6.07, 6.45) is -1.30. The van der Waals surface area contributed by atoms with Gasteiger partial charge in [-0.3, -0.25) is 19.2 Å². The van der Waals surface area contributed by atoms with Gasteiger partial charge in [-0.05, 0) is 5.92 Å². The average molecular weight is 268 g/mol. The number of hydrogen-bond acceptors (Lipinski definition) is 6. The van der Waals surface area contributed by atoms with Crippen molar-refractivity contribution in [1.82, 2.24) is 0 Å². The second-order valence-electron chi connectivity index (χ2n) is 4.93. The van der Waals surface area contributed by atoms with Gasteiger partial charge in [0.2, 0.25) is 0 Å². The lowest BCUT2D eigenvalue weighted by molar-refractivity contribution is -0.158. The Morgan fingerprint density at radius 3 is 2.21 bits per heavy atom. The monoisotopic (exact) mass is 268 g/mol. The van der Waals surface area contributed by atoms with E-state index in [1.807, 2.05) is 0 Å². The molecule has 3 atom stereocenters. The Balaban J connectivity index is 3.11. The lowest BCUT2D eigenvalue weighted by Gasteiger charge is -2.27. The highest BCUT2D eigenvalue weighted by Gasteiger charge is 2.51. The SMILES string of the molecule is COC1C(=O)C(C=O)C(=O)C(C(=O)CC(C)C)C1=O. The molecule has 3 unspecified atom stereocenters. The molecule has 104 valence electrons. The molecule has 1 aliphatic rings. The summed E-state index contributed by atoms with van der Waals surface area (Å²) in [4.78, 5) is 58.3. The van der Waals surface area contributed by atoms with Crippen LogP contribution >= 0.6 is 0 Å². The lowest BCUT2D eigenvalue weighted by atomic mass is 9.74. The number of methoxy groups -OCH3 is 1. The van der Waals surface area contributed by atoms with Crippen molar-refractivity contribution in [3.63, 3.8) is 0 Å². The van der Waals surface area contributed by atoms with Crippen molar-refractivity contribution in [2.24, 2.45) is 17.8 Å². The molecule has 0 aromatic carbocycles. The average Bonchev–Trinajstić information content (AvgIpc) is 2.28. The zero-order valence-corrected chi connectivity index (χ0v) is 11.0. The molecule has 0 spiro atoms. The van der Waals surface area contributed by atoms with Gasteiger partial charge in [-0.15, -0.1) is 0 Å². The van der Waals surface area contributed by atoms with E-state index in [1.165, 1.54) is 0 Å². The van der Waals surface area contributed by atoms with Gasteiger partial charge in [0.05, 0.1) is 0 Å². The third-order valence-corrected chi connectivity index (χ3v) is 3.00. The molecule has 6 nitrogen and oxygen atoms in total. The summed E-state index contributed by atoms with van der Waals surface area (Å²) in [5.41, 5.74) is 0. The van der Waals surface area contributed by atoms with E-state index in [2.05, 4.69) is 0 Å². The van der Waals surface area contributed by atoms with Gasteiger partial charge >= 0.3 is 0 Å². The molecule has 1 rings (SSSR count). The van der Waals surface area contributed by atoms with Crippen LogP contribution in [0.25, 0.3) is 0 Å². The second-order valence-corrected chi connectivity index (χ2v) is 4.93. The highest BCUT2D eigenvalue weighted by molar-refractivity contribution is 6.36. The fourth-order valence-electron chi connectivity index (χ4n) is 2.12. The number of rotatable bonds is 5. The van der Waals surface area contributed by atoms with Crippen molar-refractivity contribution >= 4 is 29.4 Å². The minimum absolute atomic E-state index is 0.0265. The number of carbonyl (C=O) groups is 5. The van der Waals surface area contributed by atoms with Crippen molar-refractivity contribution in [2.75, 3.05) is 7.11 Å². The van der Waals surface area contributed by atoms with Crippen LogP contribution in [-0.4, -0.2) is 42.6 Å². The van der Waals surface area contributed by atoms with Crippen molar-refractivity contribution < 1.29 is 28.7 Å². The van der Waals surface area contributed by atoms with E-state index < -0.39 is 41.1 Å². The number of ketones is 4. The van der Waals surface area contributed by atoms with Gasteiger partial charge in [-0.25, -0.2) is 0 Å². The molecule has 1 saturated carbocycles. The molecule has 0 aromatic rings. The Kier molecular flexibility index (Phi) is 4.83. The number of Topliss-reactive ketones (excluding diaryl/α,β-unsaturated/α-hetero) is 4. The van der Waals surface area contributed by atoms with Crippen LogP contribution < -0.4 is 0 Å². The summed E-state index contributed by atoms with van der Waals surface area (Å²) < 4.78 is 4.72. The Morgan fingerprint density at radius 1 is 1.21 bits per heavy atom. The Hall–Kier alpha value is -1.69. The predicted octanol–water partition coefficient (Wildman–Crippen LogP) is -0.231. The summed E-state index contributed by atoms with van der Waals surface area (Å²) >= 11 is 0. The van der Waals surface area contributed by atoms with Crippen molar-refractivity contribution in [1.29, 1.82) is 0 Å². The van der Waals surface area contributed by atoms with Crippen LogP contribution in [0.3, 0.4) is 0 Å². The van der Waals surface area contributed by atoms with E-state index in [9.17, 15) is 24.0 Å². The Bertz CT molecular complexity index is 436. The molecule has 0 bridgehead atoms. The standard InChI is InChI=1S/C13H16O6/c1-6(2)4-8(15)9-10(16)7(5-14)11(17)13(19-3)12(9)18/h5-7,9,13H,4H2,1-3H3. The molecule has 1 fully saturated rings. The fourth-order valence-corrected chi connectivity index (χ4v) is 2.12. The maximum absolute atomic E-state index is 12.0. The van der Waals surface area contributed by atoms with Crippen molar-refractivity contribution in [2.45, 2.75) is 26.4 Å². The minimum Gasteiger partial charge on any atom is -0.366 e. The van der Waals surface area contributed by atoms with E-state index in [1.54, 1.807) is 13.8 Å². The zero-order chi connectivity index (χ0) is 14.7. The number of aldehydes is 1. The normalized spacial score (nSPS) is 27.8. The molecule has 1 aliphatic carbocycles.